The number of nitrogens with one attached hydrogen (secondary N) is 1. The molecule has 1 saturated heterocycles. The Hall–Kier alpha value is -3.42. The molecule has 0 saturated carbocycles. The van der Waals surface area contributed by atoms with Crippen molar-refractivity contribution in [2.24, 2.45) is 5.92 Å². The van der Waals surface area contributed by atoms with E-state index in [1.807, 2.05) is 43.0 Å². The van der Waals surface area contributed by atoms with Crippen molar-refractivity contribution in [1.29, 1.82) is 0 Å². The number of pyridine rings is 1. The van der Waals surface area contributed by atoms with Crippen LogP contribution in [-0.2, 0) is 6.42 Å². The number of hydrogen-bond acceptors (Lipinski definition) is 5. The molecule has 2 aromatic heterocycles. The zero-order chi connectivity index (χ0) is 21.8. The molecule has 1 aliphatic heterocycles. The number of aromatic nitrogens is 4. The number of aryl methyl sites for hydroxylation is 1. The van der Waals surface area contributed by atoms with Gasteiger partial charge < -0.3 is 9.64 Å². The van der Waals surface area contributed by atoms with Gasteiger partial charge in [0.1, 0.15) is 5.82 Å². The molecular weight excluding hydrogens is 394 g/mol. The van der Waals surface area contributed by atoms with E-state index >= 15 is 0 Å². The molecule has 0 aliphatic carbocycles. The van der Waals surface area contributed by atoms with E-state index in [2.05, 4.69) is 15.2 Å². The van der Waals surface area contributed by atoms with Crippen molar-refractivity contribution in [3.8, 4) is 11.6 Å². The molecule has 1 fully saturated rings. The topological polar surface area (TPSA) is 93.1 Å². The number of benzene rings is 1. The first-order valence-electron chi connectivity index (χ1n) is 10.7. The predicted octanol–water partition coefficient (Wildman–Crippen LogP) is 2.76. The molecule has 162 valence electrons. The number of ether oxygens (including phenoxy) is 1. The number of nitrogens with zero attached hydrogens (tertiary/aromatic N) is 4. The van der Waals surface area contributed by atoms with E-state index in [4.69, 9.17) is 4.74 Å². The number of hydrogen-bond donors (Lipinski definition) is 1. The first kappa shape index (κ1) is 20.8. The summed E-state index contributed by atoms with van der Waals surface area (Å²) in [5, 5.41) is 6.87. The Balaban J connectivity index is 1.40. The Morgan fingerprint density at radius 2 is 1.97 bits per heavy atom. The van der Waals surface area contributed by atoms with Gasteiger partial charge in [-0.15, -0.1) is 0 Å². The van der Waals surface area contributed by atoms with E-state index in [1.54, 1.807) is 22.9 Å². The van der Waals surface area contributed by atoms with Crippen LogP contribution in [0.1, 0.15) is 41.5 Å². The van der Waals surface area contributed by atoms with Gasteiger partial charge in [-0.05, 0) is 50.3 Å². The first-order valence-corrected chi connectivity index (χ1v) is 10.7. The summed E-state index contributed by atoms with van der Waals surface area (Å²) in [4.78, 5) is 31.2. The highest BCUT2D eigenvalue weighted by Crippen LogP contribution is 2.23. The lowest BCUT2D eigenvalue weighted by molar-refractivity contribution is 0.0689. The third-order valence-electron chi connectivity index (χ3n) is 5.75. The second-order valence-corrected chi connectivity index (χ2v) is 7.82. The zero-order valence-corrected chi connectivity index (χ0v) is 17.9. The van der Waals surface area contributed by atoms with E-state index in [0.717, 1.165) is 29.9 Å². The third-order valence-corrected chi connectivity index (χ3v) is 5.75. The number of carbonyl (C=O) groups is 1. The smallest absolute Gasteiger partial charge is 0.347 e. The monoisotopic (exact) mass is 421 g/mol. The normalized spacial score (nSPS) is 14.6. The number of piperidine rings is 1. The lowest BCUT2D eigenvalue weighted by Crippen LogP contribution is -2.39. The van der Waals surface area contributed by atoms with Crippen LogP contribution in [-0.4, -0.2) is 50.3 Å². The van der Waals surface area contributed by atoms with E-state index < -0.39 is 0 Å². The van der Waals surface area contributed by atoms with Gasteiger partial charge in [-0.1, -0.05) is 18.2 Å². The Morgan fingerprint density at radius 3 is 2.65 bits per heavy atom. The molecule has 1 amide bonds. The molecule has 3 heterocycles. The van der Waals surface area contributed by atoms with Crippen LogP contribution in [0.25, 0.3) is 5.69 Å². The van der Waals surface area contributed by atoms with Crippen LogP contribution in [0.4, 0.5) is 0 Å². The molecule has 31 heavy (non-hydrogen) atoms. The fourth-order valence-electron chi connectivity index (χ4n) is 4.05. The van der Waals surface area contributed by atoms with Gasteiger partial charge in [0.25, 0.3) is 5.91 Å². The van der Waals surface area contributed by atoms with E-state index in [0.29, 0.717) is 43.5 Å². The second-order valence-electron chi connectivity index (χ2n) is 7.82. The molecule has 0 radical (unpaired) electrons. The number of likely N-dealkylation sites (tertiary alicyclic amines) is 1. The van der Waals surface area contributed by atoms with Crippen molar-refractivity contribution in [2.45, 2.75) is 33.1 Å². The number of aromatic amines is 1. The highest BCUT2D eigenvalue weighted by Gasteiger charge is 2.26. The highest BCUT2D eigenvalue weighted by atomic mass is 16.5. The molecule has 0 spiro atoms. The van der Waals surface area contributed by atoms with Gasteiger partial charge in [0.2, 0.25) is 5.88 Å². The van der Waals surface area contributed by atoms with E-state index in [9.17, 15) is 9.59 Å². The minimum atomic E-state index is -0.222. The molecular formula is C23H27N5O3. The van der Waals surface area contributed by atoms with Gasteiger partial charge >= 0.3 is 5.69 Å². The lowest BCUT2D eigenvalue weighted by Gasteiger charge is -2.32. The molecule has 0 unspecified atom stereocenters. The molecule has 0 atom stereocenters. The first-order chi connectivity index (χ1) is 15.1. The number of para-hydroxylation sites is 1. The van der Waals surface area contributed by atoms with Gasteiger partial charge in [-0.25, -0.2) is 19.4 Å². The molecule has 4 rings (SSSR count). The summed E-state index contributed by atoms with van der Waals surface area (Å²) in [6, 6.07) is 11.3. The summed E-state index contributed by atoms with van der Waals surface area (Å²) in [5.41, 5.74) is 2.23. The van der Waals surface area contributed by atoms with Crippen molar-refractivity contribution in [3.05, 3.63) is 70.0 Å². The van der Waals surface area contributed by atoms with Gasteiger partial charge in [0.05, 0.1) is 17.9 Å². The van der Waals surface area contributed by atoms with Gasteiger partial charge in [0, 0.05) is 31.8 Å². The second kappa shape index (κ2) is 9.16. The minimum absolute atomic E-state index is 0.00872. The number of amides is 1. The zero-order valence-electron chi connectivity index (χ0n) is 17.9. The Morgan fingerprint density at radius 1 is 1.19 bits per heavy atom. The summed E-state index contributed by atoms with van der Waals surface area (Å²) in [6.45, 7) is 5.78. The molecule has 3 aromatic rings. The summed E-state index contributed by atoms with van der Waals surface area (Å²) in [5.74, 6) is 1.61. The largest absolute Gasteiger partial charge is 0.478 e. The fraction of sp³-hybridized carbons (Fsp3) is 0.391. The number of carbonyl (C=O) groups excluding carboxylic acids is 1. The van der Waals surface area contributed by atoms with Crippen LogP contribution >= 0.6 is 0 Å². The van der Waals surface area contributed by atoms with Crippen LogP contribution in [0.2, 0.25) is 0 Å². The van der Waals surface area contributed by atoms with Gasteiger partial charge in [0.15, 0.2) is 0 Å². The Labute approximate surface area is 180 Å². The van der Waals surface area contributed by atoms with Crippen molar-refractivity contribution in [2.75, 3.05) is 19.7 Å². The van der Waals surface area contributed by atoms with Crippen molar-refractivity contribution < 1.29 is 9.53 Å². The number of rotatable bonds is 6. The summed E-state index contributed by atoms with van der Waals surface area (Å²) >= 11 is 0. The van der Waals surface area contributed by atoms with Crippen molar-refractivity contribution >= 4 is 5.91 Å². The lowest BCUT2D eigenvalue weighted by atomic mass is 9.93. The standard InChI is InChI=1S/C23H27N5O3/c1-3-31-21-9-8-18(15-24-21)22(29)27-12-10-17(11-13-27)14-20-25-26-23(30)28(20)19-7-5-4-6-16(19)2/h4-9,15,17H,3,10-14H2,1-2H3,(H,26,30). The number of H-pyrrole nitrogens is 1. The maximum atomic E-state index is 12.8. The van der Waals surface area contributed by atoms with Gasteiger partial charge in [-0.3, -0.25) is 4.79 Å². The quantitative estimate of drug-likeness (QED) is 0.661. The predicted molar refractivity (Wildman–Crippen MR) is 117 cm³/mol. The summed E-state index contributed by atoms with van der Waals surface area (Å²) < 4.78 is 7.00. The Kier molecular flexibility index (Phi) is 6.16. The van der Waals surface area contributed by atoms with Crippen molar-refractivity contribution in [1.82, 2.24) is 24.6 Å². The van der Waals surface area contributed by atoms with Gasteiger partial charge in [-0.2, -0.15) is 5.10 Å². The van der Waals surface area contributed by atoms with Crippen molar-refractivity contribution in [3.63, 3.8) is 0 Å². The van der Waals surface area contributed by atoms with E-state index in [-0.39, 0.29) is 11.6 Å². The molecule has 8 nitrogen and oxygen atoms in total. The van der Waals surface area contributed by atoms with Crippen LogP contribution < -0.4 is 10.4 Å². The average Bonchev–Trinajstić information content (AvgIpc) is 3.15. The summed E-state index contributed by atoms with van der Waals surface area (Å²) in [7, 11) is 0. The average molecular weight is 422 g/mol. The van der Waals surface area contributed by atoms with Crippen LogP contribution in [0.15, 0.2) is 47.4 Å². The molecule has 0 bridgehead atoms. The van der Waals surface area contributed by atoms with E-state index in [1.165, 1.54) is 0 Å². The van der Waals surface area contributed by atoms with Crippen LogP contribution in [0, 0.1) is 12.8 Å². The highest BCUT2D eigenvalue weighted by molar-refractivity contribution is 5.94. The SMILES string of the molecule is CCOc1ccc(C(=O)N2CCC(Cc3n[nH]c(=O)n3-c3ccccc3C)CC2)cn1. The molecule has 8 heteroatoms. The Bertz CT molecular complexity index is 1090. The molecule has 1 aliphatic rings. The maximum Gasteiger partial charge on any atom is 0.347 e. The van der Waals surface area contributed by atoms with Crippen LogP contribution in [0.3, 0.4) is 0 Å². The third kappa shape index (κ3) is 4.52. The summed E-state index contributed by atoms with van der Waals surface area (Å²) in [6.07, 6.45) is 4.00. The molecule has 1 N–H and O–H groups in total. The fourth-order valence-corrected chi connectivity index (χ4v) is 4.05. The maximum absolute atomic E-state index is 12.8. The van der Waals surface area contributed by atoms with Crippen LogP contribution in [0.5, 0.6) is 5.88 Å². The minimum Gasteiger partial charge on any atom is -0.478 e. The molecule has 1 aromatic carbocycles.